The van der Waals surface area contributed by atoms with E-state index in [1.165, 1.54) is 30.6 Å². The third kappa shape index (κ3) is 4.88. The minimum atomic E-state index is -4.24. The molecule has 186 valence electrons. The first kappa shape index (κ1) is 24.0. The molecule has 2 aliphatic rings. The second-order valence-electron chi connectivity index (χ2n) is 9.08. The number of nitrogens with zero attached hydrogens (tertiary/aromatic N) is 3. The Bertz CT molecular complexity index is 1320. The van der Waals surface area contributed by atoms with Crippen LogP contribution in [-0.2, 0) is 10.0 Å². The molecule has 5 rings (SSSR count). The second kappa shape index (κ2) is 9.08. The summed E-state index contributed by atoms with van der Waals surface area (Å²) in [6.45, 7) is 2.62. The predicted octanol–water partition coefficient (Wildman–Crippen LogP) is 4.03. The quantitative estimate of drug-likeness (QED) is 0.521. The molecule has 0 unspecified atom stereocenters. The normalized spacial score (nSPS) is 25.0. The Hall–Kier alpha value is -2.67. The topological polar surface area (TPSA) is 105 Å². The lowest BCUT2D eigenvalue weighted by molar-refractivity contribution is -0.0541. The van der Waals surface area contributed by atoms with E-state index in [-0.39, 0.29) is 28.8 Å². The summed E-state index contributed by atoms with van der Waals surface area (Å²) in [5.41, 5.74) is 0.487. The highest BCUT2D eigenvalue weighted by atomic mass is 32.2. The molecule has 0 aliphatic carbocycles. The Morgan fingerprint density at radius 2 is 2.00 bits per heavy atom. The van der Waals surface area contributed by atoms with Crippen LogP contribution in [0.3, 0.4) is 0 Å². The molecule has 35 heavy (non-hydrogen) atoms. The molecular formula is C23H24F2N4O4S2. The highest BCUT2D eigenvalue weighted by molar-refractivity contribution is 7.93. The minimum Gasteiger partial charge on any atom is -0.493 e. The van der Waals surface area contributed by atoms with Gasteiger partial charge in [-0.2, -0.15) is 4.37 Å². The molecule has 1 aromatic heterocycles. The highest BCUT2D eigenvalue weighted by Crippen LogP contribution is 2.46. The van der Waals surface area contributed by atoms with Gasteiger partial charge >= 0.3 is 0 Å². The molecule has 0 radical (unpaired) electrons. The number of aliphatic hydroxyl groups is 1. The van der Waals surface area contributed by atoms with Gasteiger partial charge in [-0.3, -0.25) is 9.62 Å². The number of likely N-dealkylation sites (tertiary alicyclic amines) is 1. The molecule has 1 fully saturated rings. The van der Waals surface area contributed by atoms with E-state index in [0.717, 1.165) is 17.1 Å². The van der Waals surface area contributed by atoms with Gasteiger partial charge in [-0.15, -0.1) is 0 Å². The first-order valence-electron chi connectivity index (χ1n) is 11.1. The Morgan fingerprint density at radius 1 is 1.23 bits per heavy atom. The van der Waals surface area contributed by atoms with Crippen molar-refractivity contribution in [2.45, 2.75) is 48.8 Å². The fraction of sp³-hybridized carbons (Fsp3) is 0.391. The van der Waals surface area contributed by atoms with Crippen LogP contribution in [0.25, 0.3) is 0 Å². The van der Waals surface area contributed by atoms with Gasteiger partial charge in [0.1, 0.15) is 28.6 Å². The molecule has 0 amide bonds. The van der Waals surface area contributed by atoms with Gasteiger partial charge in [0.05, 0.1) is 12.2 Å². The van der Waals surface area contributed by atoms with Crippen molar-refractivity contribution in [2.24, 2.45) is 0 Å². The summed E-state index contributed by atoms with van der Waals surface area (Å²) in [4.78, 5) is 5.41. The number of rotatable bonds is 5. The number of hydrogen-bond donors (Lipinski definition) is 2. The van der Waals surface area contributed by atoms with E-state index in [4.69, 9.17) is 4.74 Å². The van der Waals surface area contributed by atoms with Crippen LogP contribution in [0.5, 0.6) is 5.75 Å². The molecule has 2 aliphatic heterocycles. The highest BCUT2D eigenvalue weighted by Gasteiger charge is 2.41. The van der Waals surface area contributed by atoms with E-state index < -0.39 is 26.3 Å². The van der Waals surface area contributed by atoms with Crippen LogP contribution in [0.15, 0.2) is 47.6 Å². The Balaban J connectivity index is 1.50. The van der Waals surface area contributed by atoms with Crippen molar-refractivity contribution in [1.29, 1.82) is 0 Å². The summed E-state index contributed by atoms with van der Waals surface area (Å²) in [5.74, 6) is -0.966. The van der Waals surface area contributed by atoms with Crippen molar-refractivity contribution < 1.29 is 27.0 Å². The zero-order valence-electron chi connectivity index (χ0n) is 18.8. The van der Waals surface area contributed by atoms with E-state index >= 15 is 4.39 Å². The first-order chi connectivity index (χ1) is 16.6. The summed E-state index contributed by atoms with van der Waals surface area (Å²) in [6.07, 6.45) is 2.69. The molecule has 0 bridgehead atoms. The van der Waals surface area contributed by atoms with E-state index in [2.05, 4.69) is 19.0 Å². The zero-order valence-corrected chi connectivity index (χ0v) is 20.5. The monoisotopic (exact) mass is 522 g/mol. The third-order valence-electron chi connectivity index (χ3n) is 6.54. The van der Waals surface area contributed by atoms with Crippen LogP contribution >= 0.6 is 11.5 Å². The van der Waals surface area contributed by atoms with E-state index in [1.807, 2.05) is 0 Å². The zero-order chi connectivity index (χ0) is 24.8. The molecule has 2 N–H and O–H groups in total. The second-order valence-corrected chi connectivity index (χ2v) is 11.5. The fourth-order valence-electron chi connectivity index (χ4n) is 4.84. The van der Waals surface area contributed by atoms with Gasteiger partial charge in [-0.1, -0.05) is 12.1 Å². The Labute approximate surface area is 205 Å². The number of aromatic nitrogens is 2. The average molecular weight is 523 g/mol. The van der Waals surface area contributed by atoms with Gasteiger partial charge in [-0.05, 0) is 43.5 Å². The summed E-state index contributed by atoms with van der Waals surface area (Å²) < 4.78 is 66.1. The summed E-state index contributed by atoms with van der Waals surface area (Å²) >= 11 is 0.841. The van der Waals surface area contributed by atoms with E-state index in [1.54, 1.807) is 19.1 Å². The summed E-state index contributed by atoms with van der Waals surface area (Å²) in [6, 6.07) is 8.07. The molecule has 0 saturated carbocycles. The van der Waals surface area contributed by atoms with Crippen LogP contribution < -0.4 is 9.46 Å². The lowest BCUT2D eigenvalue weighted by atomic mass is 9.82. The number of halogens is 2. The standard InChI is InChI=1S/C23H24F2N4O4S2/c1-23(30)7-8-29(19(12-23)14-2-4-15(24)5-3-14)18-6-9-33-20-11-21(17(25)10-16(18)20)35(31,32)28-22-26-13-27-34-22/h2-5,10-11,13,18-19,30H,6-9,12H2,1H3,(H,26,27,28)/t18-,19-,23-/m0/s1. The van der Waals surface area contributed by atoms with Crippen LogP contribution in [-0.4, -0.2) is 46.5 Å². The smallest absolute Gasteiger partial charge is 0.266 e. The lowest BCUT2D eigenvalue weighted by Crippen LogP contribution is -2.47. The maximum atomic E-state index is 15.2. The Morgan fingerprint density at radius 3 is 2.71 bits per heavy atom. The van der Waals surface area contributed by atoms with Crippen molar-refractivity contribution in [3.05, 3.63) is 65.5 Å². The SMILES string of the molecule is C[C@]1(O)CCN([C@H]2CCOc3cc(S(=O)(=O)Nc4ncns4)c(F)cc32)[C@H](c2ccc(F)cc2)C1. The van der Waals surface area contributed by atoms with Crippen LogP contribution in [0.1, 0.15) is 49.4 Å². The van der Waals surface area contributed by atoms with Crippen LogP contribution in [0, 0.1) is 11.6 Å². The molecule has 1 saturated heterocycles. The largest absolute Gasteiger partial charge is 0.493 e. The Kier molecular flexibility index (Phi) is 6.24. The minimum absolute atomic E-state index is 0.0309. The van der Waals surface area contributed by atoms with Gasteiger partial charge in [0, 0.05) is 48.2 Å². The van der Waals surface area contributed by atoms with Crippen LogP contribution in [0.4, 0.5) is 13.9 Å². The van der Waals surface area contributed by atoms with Crippen molar-refractivity contribution in [3.63, 3.8) is 0 Å². The number of ether oxygens (including phenoxy) is 1. The maximum Gasteiger partial charge on any atom is 0.266 e. The number of sulfonamides is 1. The third-order valence-corrected chi connectivity index (χ3v) is 8.61. The lowest BCUT2D eigenvalue weighted by Gasteiger charge is -2.47. The molecule has 8 nitrogen and oxygen atoms in total. The number of nitrogens with one attached hydrogen (secondary N) is 1. The van der Waals surface area contributed by atoms with Crippen molar-refractivity contribution >= 4 is 26.7 Å². The van der Waals surface area contributed by atoms with Gasteiger partial charge in [-0.25, -0.2) is 22.2 Å². The number of piperidine rings is 1. The van der Waals surface area contributed by atoms with Gasteiger partial charge in [0.25, 0.3) is 10.0 Å². The number of benzene rings is 2. The average Bonchev–Trinajstić information content (AvgIpc) is 3.31. The molecule has 0 spiro atoms. The molecule has 12 heteroatoms. The molecule has 2 aromatic carbocycles. The fourth-order valence-corrected chi connectivity index (χ4v) is 6.58. The van der Waals surface area contributed by atoms with Crippen LogP contribution in [0.2, 0.25) is 0 Å². The molecule has 3 atom stereocenters. The van der Waals surface area contributed by atoms with E-state index in [9.17, 15) is 17.9 Å². The van der Waals surface area contributed by atoms with Gasteiger partial charge < -0.3 is 9.84 Å². The summed E-state index contributed by atoms with van der Waals surface area (Å²) in [7, 11) is -4.24. The van der Waals surface area contributed by atoms with Crippen molar-refractivity contribution in [1.82, 2.24) is 14.3 Å². The summed E-state index contributed by atoms with van der Waals surface area (Å²) in [5, 5.41) is 10.8. The number of fused-ring (bicyclic) bond motifs is 1. The van der Waals surface area contributed by atoms with Crippen molar-refractivity contribution in [3.8, 4) is 5.75 Å². The van der Waals surface area contributed by atoms with E-state index in [0.29, 0.717) is 38.0 Å². The first-order valence-corrected chi connectivity index (χ1v) is 13.4. The maximum absolute atomic E-state index is 15.2. The number of anilines is 1. The van der Waals surface area contributed by atoms with Crippen molar-refractivity contribution in [2.75, 3.05) is 17.9 Å². The molecule has 3 heterocycles. The van der Waals surface area contributed by atoms with Gasteiger partial charge in [0.2, 0.25) is 5.13 Å². The van der Waals surface area contributed by atoms with Gasteiger partial charge in [0.15, 0.2) is 0 Å². The number of hydrogen-bond acceptors (Lipinski definition) is 8. The molecular weight excluding hydrogens is 498 g/mol. The predicted molar refractivity (Wildman–Crippen MR) is 126 cm³/mol. The molecule has 3 aromatic rings.